The van der Waals surface area contributed by atoms with Crippen molar-refractivity contribution in [2.75, 3.05) is 6.54 Å². The zero-order valence-electron chi connectivity index (χ0n) is 10.2. The van der Waals surface area contributed by atoms with Crippen molar-refractivity contribution < 1.29 is 0 Å². The molecule has 0 amide bonds. The maximum absolute atomic E-state index is 6.51. The second-order valence-electron chi connectivity index (χ2n) is 4.88. The van der Waals surface area contributed by atoms with E-state index >= 15 is 0 Å². The fourth-order valence-corrected chi connectivity index (χ4v) is 2.85. The second-order valence-corrected chi connectivity index (χ2v) is 4.88. The molecule has 3 N–H and O–H groups in total. The molecule has 0 spiro atoms. The van der Waals surface area contributed by atoms with Crippen LogP contribution in [0, 0.1) is 5.92 Å². The van der Waals surface area contributed by atoms with Crippen molar-refractivity contribution in [2.45, 2.75) is 64.5 Å². The first-order valence-corrected chi connectivity index (χ1v) is 6.10. The fraction of sp³-hybridized carbons (Fsp3) is 1.00. The predicted octanol–water partition coefficient (Wildman–Crippen LogP) is 2.28. The van der Waals surface area contributed by atoms with Crippen molar-refractivity contribution in [1.29, 1.82) is 0 Å². The van der Waals surface area contributed by atoms with Gasteiger partial charge < -0.3 is 11.1 Å². The molecule has 1 rings (SSSR count). The van der Waals surface area contributed by atoms with Gasteiger partial charge in [0.25, 0.3) is 0 Å². The molecule has 1 saturated heterocycles. The van der Waals surface area contributed by atoms with E-state index in [0.29, 0.717) is 5.92 Å². The summed E-state index contributed by atoms with van der Waals surface area (Å²) in [5.74, 6) is 0.706. The lowest BCUT2D eigenvalue weighted by molar-refractivity contribution is 0.217. The highest BCUT2D eigenvalue weighted by Crippen LogP contribution is 2.42. The summed E-state index contributed by atoms with van der Waals surface area (Å²) in [5, 5.41) is 3.55. The molecule has 1 fully saturated rings. The molecular weight excluding hydrogens is 172 g/mol. The van der Waals surface area contributed by atoms with E-state index in [9.17, 15) is 0 Å². The number of nitrogens with one attached hydrogen (secondary N) is 1. The molecule has 2 nitrogen and oxygen atoms in total. The van der Waals surface area contributed by atoms with Gasteiger partial charge in [-0.05, 0) is 25.2 Å². The van der Waals surface area contributed by atoms with Crippen LogP contribution in [0.4, 0.5) is 0 Å². The van der Waals surface area contributed by atoms with Crippen LogP contribution in [0.5, 0.6) is 0 Å². The van der Waals surface area contributed by atoms with E-state index in [1.807, 2.05) is 0 Å². The van der Waals surface area contributed by atoms with E-state index in [-0.39, 0.29) is 11.1 Å². The molecule has 2 heteroatoms. The Balaban J connectivity index is 2.73. The van der Waals surface area contributed by atoms with Crippen LogP contribution < -0.4 is 11.1 Å². The van der Waals surface area contributed by atoms with Gasteiger partial charge in [0.15, 0.2) is 0 Å². The van der Waals surface area contributed by atoms with Crippen molar-refractivity contribution >= 4 is 0 Å². The Labute approximate surface area is 88.6 Å². The minimum absolute atomic E-state index is 0.00157. The molecule has 0 radical (unpaired) electrons. The summed E-state index contributed by atoms with van der Waals surface area (Å²) in [6.45, 7) is 10.1. The number of nitrogens with two attached hydrogens (primary N) is 1. The SMILES string of the molecule is CCCC(C)C1(C(N)(CC)CC)CN1. The average Bonchev–Trinajstić information content (AvgIpc) is 2.98. The summed E-state index contributed by atoms with van der Waals surface area (Å²) in [6.07, 6.45) is 4.69. The molecule has 0 aromatic heterocycles. The molecule has 1 heterocycles. The van der Waals surface area contributed by atoms with Crippen molar-refractivity contribution in [3.63, 3.8) is 0 Å². The number of rotatable bonds is 6. The van der Waals surface area contributed by atoms with Gasteiger partial charge in [0.2, 0.25) is 0 Å². The fourth-order valence-electron chi connectivity index (χ4n) is 2.85. The van der Waals surface area contributed by atoms with Crippen LogP contribution in [0.15, 0.2) is 0 Å². The molecule has 0 saturated carbocycles. The largest absolute Gasteiger partial charge is 0.324 e. The normalized spacial score (nSPS) is 28.9. The van der Waals surface area contributed by atoms with Crippen LogP contribution in [0.3, 0.4) is 0 Å². The van der Waals surface area contributed by atoms with E-state index in [2.05, 4.69) is 33.0 Å². The van der Waals surface area contributed by atoms with Gasteiger partial charge in [0.1, 0.15) is 0 Å². The first-order valence-electron chi connectivity index (χ1n) is 6.10. The lowest BCUT2D eigenvalue weighted by Gasteiger charge is -2.39. The summed E-state index contributed by atoms with van der Waals surface area (Å²) >= 11 is 0. The van der Waals surface area contributed by atoms with Gasteiger partial charge in [-0.3, -0.25) is 0 Å². The van der Waals surface area contributed by atoms with E-state index < -0.39 is 0 Å². The molecule has 84 valence electrons. The van der Waals surface area contributed by atoms with E-state index in [1.54, 1.807) is 0 Å². The summed E-state index contributed by atoms with van der Waals surface area (Å²) < 4.78 is 0. The van der Waals surface area contributed by atoms with Crippen molar-refractivity contribution in [3.05, 3.63) is 0 Å². The maximum atomic E-state index is 6.51. The summed E-state index contributed by atoms with van der Waals surface area (Å²) in [6, 6.07) is 0. The Kier molecular flexibility index (Phi) is 3.59. The lowest BCUT2D eigenvalue weighted by Crippen LogP contribution is -2.57. The van der Waals surface area contributed by atoms with Crippen LogP contribution in [0.1, 0.15) is 53.4 Å². The topological polar surface area (TPSA) is 48.0 Å². The highest BCUT2D eigenvalue weighted by molar-refractivity contribution is 5.20. The Hall–Kier alpha value is -0.0800. The molecule has 0 aromatic rings. The van der Waals surface area contributed by atoms with Gasteiger partial charge in [0.05, 0.1) is 5.54 Å². The van der Waals surface area contributed by atoms with Gasteiger partial charge in [0, 0.05) is 12.1 Å². The van der Waals surface area contributed by atoms with Gasteiger partial charge in [-0.15, -0.1) is 0 Å². The summed E-state index contributed by atoms with van der Waals surface area (Å²) in [5.41, 5.74) is 6.75. The quantitative estimate of drug-likeness (QED) is 0.643. The molecule has 1 aliphatic rings. The first kappa shape index (κ1) is 12.0. The highest BCUT2D eigenvalue weighted by atomic mass is 15.2. The molecule has 0 aromatic carbocycles. The van der Waals surface area contributed by atoms with E-state index in [0.717, 1.165) is 19.4 Å². The predicted molar refractivity (Wildman–Crippen MR) is 62.3 cm³/mol. The minimum Gasteiger partial charge on any atom is -0.324 e. The van der Waals surface area contributed by atoms with Crippen LogP contribution in [-0.2, 0) is 0 Å². The number of hydrogen-bond acceptors (Lipinski definition) is 2. The Morgan fingerprint density at radius 1 is 1.36 bits per heavy atom. The van der Waals surface area contributed by atoms with E-state index in [4.69, 9.17) is 5.73 Å². The molecule has 0 aliphatic carbocycles. The smallest absolute Gasteiger partial charge is 0.0514 e. The Bertz CT molecular complexity index is 181. The third kappa shape index (κ3) is 1.70. The maximum Gasteiger partial charge on any atom is 0.0514 e. The molecule has 2 atom stereocenters. The molecular formula is C12H26N2. The summed E-state index contributed by atoms with van der Waals surface area (Å²) in [7, 11) is 0. The van der Waals surface area contributed by atoms with Crippen molar-refractivity contribution in [3.8, 4) is 0 Å². The zero-order valence-corrected chi connectivity index (χ0v) is 10.2. The lowest BCUT2D eigenvalue weighted by atomic mass is 9.71. The molecule has 2 unspecified atom stereocenters. The Morgan fingerprint density at radius 2 is 1.86 bits per heavy atom. The number of hydrogen-bond donors (Lipinski definition) is 2. The second kappa shape index (κ2) is 4.19. The Morgan fingerprint density at radius 3 is 2.14 bits per heavy atom. The van der Waals surface area contributed by atoms with Crippen molar-refractivity contribution in [1.82, 2.24) is 5.32 Å². The van der Waals surface area contributed by atoms with Gasteiger partial charge in [-0.25, -0.2) is 0 Å². The van der Waals surface area contributed by atoms with Crippen molar-refractivity contribution in [2.24, 2.45) is 11.7 Å². The highest BCUT2D eigenvalue weighted by Gasteiger charge is 2.57. The standard InChI is InChI=1S/C12H26N2/c1-5-8-10(4)12(9-14-12)11(13,6-2)7-3/h10,14H,5-9,13H2,1-4H3. The average molecular weight is 198 g/mol. The minimum atomic E-state index is 0.00157. The van der Waals surface area contributed by atoms with Gasteiger partial charge in [-0.1, -0.05) is 34.1 Å². The molecule has 14 heavy (non-hydrogen) atoms. The third-order valence-electron chi connectivity index (χ3n) is 4.27. The van der Waals surface area contributed by atoms with Crippen LogP contribution >= 0.6 is 0 Å². The van der Waals surface area contributed by atoms with Gasteiger partial charge in [-0.2, -0.15) is 0 Å². The summed E-state index contributed by atoms with van der Waals surface area (Å²) in [4.78, 5) is 0. The third-order valence-corrected chi connectivity index (χ3v) is 4.27. The van der Waals surface area contributed by atoms with Crippen LogP contribution in [0.25, 0.3) is 0 Å². The van der Waals surface area contributed by atoms with Gasteiger partial charge >= 0.3 is 0 Å². The zero-order chi connectivity index (χ0) is 10.8. The first-order chi connectivity index (χ1) is 6.56. The van der Waals surface area contributed by atoms with E-state index in [1.165, 1.54) is 12.8 Å². The molecule has 0 bridgehead atoms. The van der Waals surface area contributed by atoms with Crippen LogP contribution in [-0.4, -0.2) is 17.6 Å². The monoisotopic (exact) mass is 198 g/mol. The van der Waals surface area contributed by atoms with Crippen LogP contribution in [0.2, 0.25) is 0 Å². The molecule has 1 aliphatic heterocycles.